The van der Waals surface area contributed by atoms with Gasteiger partial charge in [-0.1, -0.05) is 13.3 Å². The van der Waals surface area contributed by atoms with Crippen LogP contribution < -0.4 is 9.46 Å². The number of sulfonamides is 1. The predicted molar refractivity (Wildman–Crippen MR) is 95.3 cm³/mol. The van der Waals surface area contributed by atoms with E-state index in [1.165, 1.54) is 38.3 Å². The van der Waals surface area contributed by atoms with E-state index in [1.807, 2.05) is 6.92 Å². The van der Waals surface area contributed by atoms with Gasteiger partial charge in [0.25, 0.3) is 0 Å². The van der Waals surface area contributed by atoms with Gasteiger partial charge in [-0.3, -0.25) is 4.79 Å². The van der Waals surface area contributed by atoms with Crippen molar-refractivity contribution in [2.75, 3.05) is 7.11 Å². The Hall–Kier alpha value is -2.53. The Balaban J connectivity index is 1.93. The molecular weight excluding hydrogens is 374 g/mol. The third-order valence-corrected chi connectivity index (χ3v) is 5.28. The van der Waals surface area contributed by atoms with Gasteiger partial charge in [-0.25, -0.2) is 13.1 Å². The number of methoxy groups -OCH3 is 1. The fourth-order valence-corrected chi connectivity index (χ4v) is 3.36. The topological polar surface area (TPSA) is 125 Å². The van der Waals surface area contributed by atoms with Gasteiger partial charge in [-0.05, 0) is 48.0 Å². The van der Waals surface area contributed by atoms with Crippen molar-refractivity contribution in [2.24, 2.45) is 0 Å². The van der Waals surface area contributed by atoms with E-state index in [0.717, 1.165) is 12.8 Å². The number of aromatic nitrogens is 4. The Morgan fingerprint density at radius 2 is 2.00 bits per heavy atom. The normalized spacial score (nSPS) is 12.6. The fourth-order valence-electron chi connectivity index (χ4n) is 2.17. The summed E-state index contributed by atoms with van der Waals surface area (Å²) in [6.07, 6.45) is 1.87. The second-order valence-corrected chi connectivity index (χ2v) is 7.51. The molecule has 2 aromatic rings. The molecule has 0 amide bonds. The third kappa shape index (κ3) is 5.73. The van der Waals surface area contributed by atoms with Crippen LogP contribution in [-0.4, -0.2) is 47.7 Å². The van der Waals surface area contributed by atoms with Gasteiger partial charge in [0, 0.05) is 6.54 Å². The van der Waals surface area contributed by atoms with Crippen LogP contribution in [0.2, 0.25) is 0 Å². The number of ether oxygens (including phenoxy) is 2. The molecule has 2 rings (SSSR count). The molecule has 0 aliphatic heterocycles. The number of rotatable bonds is 10. The lowest BCUT2D eigenvalue weighted by Gasteiger charge is -2.14. The molecule has 1 heterocycles. The van der Waals surface area contributed by atoms with E-state index >= 15 is 0 Å². The molecule has 0 radical (unpaired) electrons. The number of carbonyl (C=O) groups excluding carboxylic acids is 1. The Labute approximate surface area is 157 Å². The van der Waals surface area contributed by atoms with E-state index in [4.69, 9.17) is 9.47 Å². The number of hydrogen-bond donors (Lipinski definition) is 1. The van der Waals surface area contributed by atoms with E-state index < -0.39 is 22.0 Å². The average molecular weight is 397 g/mol. The van der Waals surface area contributed by atoms with E-state index in [2.05, 4.69) is 20.2 Å². The maximum Gasteiger partial charge on any atom is 0.324 e. The average Bonchev–Trinajstić information content (AvgIpc) is 3.11. The predicted octanol–water partition coefficient (Wildman–Crippen LogP) is 0.892. The highest BCUT2D eigenvalue weighted by molar-refractivity contribution is 7.89. The molecule has 0 spiro atoms. The summed E-state index contributed by atoms with van der Waals surface area (Å²) >= 11 is 0. The van der Waals surface area contributed by atoms with E-state index in [9.17, 15) is 13.2 Å². The zero-order valence-electron chi connectivity index (χ0n) is 15.5. The first-order valence-corrected chi connectivity index (χ1v) is 9.93. The van der Waals surface area contributed by atoms with Gasteiger partial charge in [-0.2, -0.15) is 4.72 Å². The number of nitrogens with zero attached hydrogens (tertiary/aromatic N) is 4. The Kier molecular flexibility index (Phi) is 7.25. The van der Waals surface area contributed by atoms with Crippen molar-refractivity contribution in [2.45, 2.75) is 50.8 Å². The van der Waals surface area contributed by atoms with Crippen LogP contribution in [0, 0.1) is 0 Å². The lowest BCUT2D eigenvalue weighted by atomic mass is 10.3. The number of benzene rings is 1. The lowest BCUT2D eigenvalue weighted by molar-refractivity contribution is -0.146. The second-order valence-electron chi connectivity index (χ2n) is 5.80. The van der Waals surface area contributed by atoms with Crippen molar-refractivity contribution in [1.29, 1.82) is 0 Å². The first-order chi connectivity index (χ1) is 12.9. The van der Waals surface area contributed by atoms with Gasteiger partial charge in [0.1, 0.15) is 11.8 Å². The third-order valence-electron chi connectivity index (χ3n) is 3.73. The lowest BCUT2D eigenvalue weighted by Crippen LogP contribution is -2.39. The van der Waals surface area contributed by atoms with Crippen molar-refractivity contribution in [3.63, 3.8) is 0 Å². The number of carbonyl (C=O) groups is 1. The minimum absolute atomic E-state index is 0.0199. The molecule has 1 aromatic heterocycles. The Morgan fingerprint density at radius 3 is 2.63 bits per heavy atom. The molecule has 1 atom stereocenters. The van der Waals surface area contributed by atoms with Gasteiger partial charge < -0.3 is 9.47 Å². The summed E-state index contributed by atoms with van der Waals surface area (Å²) in [6, 6.07) is 4.75. The molecular formula is C16H23N5O5S. The summed E-state index contributed by atoms with van der Waals surface area (Å²) < 4.78 is 38.7. The largest absolute Gasteiger partial charge is 0.497 e. The molecule has 1 aromatic carbocycles. The zero-order chi connectivity index (χ0) is 19.9. The maximum atomic E-state index is 12.4. The summed E-state index contributed by atoms with van der Waals surface area (Å²) in [6.45, 7) is 3.93. The highest BCUT2D eigenvalue weighted by atomic mass is 32.2. The van der Waals surface area contributed by atoms with Crippen LogP contribution in [0.25, 0.3) is 0 Å². The summed E-state index contributed by atoms with van der Waals surface area (Å²) in [7, 11) is -2.39. The van der Waals surface area contributed by atoms with Crippen LogP contribution in [0.1, 0.15) is 32.5 Å². The van der Waals surface area contributed by atoms with Crippen LogP contribution in [0.3, 0.4) is 0 Å². The van der Waals surface area contributed by atoms with Crippen molar-refractivity contribution in [3.8, 4) is 5.75 Å². The van der Waals surface area contributed by atoms with Crippen LogP contribution in [0.15, 0.2) is 29.2 Å². The van der Waals surface area contributed by atoms with Gasteiger partial charge >= 0.3 is 5.97 Å². The quantitative estimate of drug-likeness (QED) is 0.586. The number of tetrazole rings is 1. The van der Waals surface area contributed by atoms with Gasteiger partial charge in [0.05, 0.1) is 12.0 Å². The van der Waals surface area contributed by atoms with Crippen molar-refractivity contribution in [3.05, 3.63) is 30.1 Å². The zero-order valence-corrected chi connectivity index (χ0v) is 16.3. The first kappa shape index (κ1) is 20.8. The Morgan fingerprint density at radius 1 is 1.30 bits per heavy atom. The van der Waals surface area contributed by atoms with Crippen molar-refractivity contribution in [1.82, 2.24) is 24.9 Å². The molecule has 0 bridgehead atoms. The summed E-state index contributed by atoms with van der Waals surface area (Å²) in [5, 5.41) is 11.2. The second kappa shape index (κ2) is 9.42. The monoisotopic (exact) mass is 397 g/mol. The molecule has 1 N–H and O–H groups in total. The summed E-state index contributed by atoms with van der Waals surface area (Å²) in [5.41, 5.74) is 0. The van der Waals surface area contributed by atoms with Gasteiger partial charge in [-0.15, -0.1) is 5.10 Å². The van der Waals surface area contributed by atoms with Crippen LogP contribution in [-0.2, 0) is 32.7 Å². The molecule has 0 unspecified atom stereocenters. The molecule has 10 nitrogen and oxygen atoms in total. The molecule has 27 heavy (non-hydrogen) atoms. The molecule has 11 heteroatoms. The van der Waals surface area contributed by atoms with Crippen molar-refractivity contribution >= 4 is 16.0 Å². The minimum Gasteiger partial charge on any atom is -0.497 e. The van der Waals surface area contributed by atoms with Crippen LogP contribution >= 0.6 is 0 Å². The summed E-state index contributed by atoms with van der Waals surface area (Å²) in [5.74, 6) is 0.210. The number of nitrogens with one attached hydrogen (secondary N) is 1. The first-order valence-electron chi connectivity index (χ1n) is 8.45. The van der Waals surface area contributed by atoms with Crippen LogP contribution in [0.4, 0.5) is 0 Å². The number of unbranched alkanes of at least 4 members (excludes halogenated alkanes) is 1. The number of aryl methyl sites for hydroxylation is 1. The smallest absolute Gasteiger partial charge is 0.324 e. The minimum atomic E-state index is -3.87. The molecule has 0 saturated carbocycles. The maximum absolute atomic E-state index is 12.4. The Bertz CT molecular complexity index is 850. The molecule has 0 aliphatic rings. The SMILES string of the molecule is CCCCn1nnnc1COC(=O)[C@H](C)NS(=O)(=O)c1ccc(OC)cc1. The van der Waals surface area contributed by atoms with E-state index in [1.54, 1.807) is 4.68 Å². The molecule has 148 valence electrons. The molecule has 0 aliphatic carbocycles. The molecule has 0 fully saturated rings. The van der Waals surface area contributed by atoms with Gasteiger partial charge in [0.15, 0.2) is 12.4 Å². The van der Waals surface area contributed by atoms with E-state index in [0.29, 0.717) is 18.1 Å². The van der Waals surface area contributed by atoms with Crippen molar-refractivity contribution < 1.29 is 22.7 Å². The van der Waals surface area contributed by atoms with Gasteiger partial charge in [0.2, 0.25) is 10.0 Å². The number of esters is 1. The van der Waals surface area contributed by atoms with E-state index in [-0.39, 0.29) is 11.5 Å². The number of hydrogen-bond acceptors (Lipinski definition) is 8. The summed E-state index contributed by atoms with van der Waals surface area (Å²) in [4.78, 5) is 12.1. The highest BCUT2D eigenvalue weighted by Gasteiger charge is 2.23. The van der Waals surface area contributed by atoms with Crippen LogP contribution in [0.5, 0.6) is 5.75 Å². The fraction of sp³-hybridized carbons (Fsp3) is 0.500. The standard InChI is InChI=1S/C16H23N5O5S/c1-4-5-10-21-15(17-19-20-21)11-26-16(22)12(2)18-27(23,24)14-8-6-13(25-3)7-9-14/h6-9,12,18H,4-5,10-11H2,1-3H3/t12-/m0/s1. The highest BCUT2D eigenvalue weighted by Crippen LogP contribution is 2.15. The molecule has 0 saturated heterocycles.